The third-order valence-corrected chi connectivity index (χ3v) is 2.31. The van der Waals surface area contributed by atoms with Crippen LogP contribution in [0.4, 0.5) is 0 Å². The van der Waals surface area contributed by atoms with Crippen molar-refractivity contribution in [3.63, 3.8) is 0 Å². The SMILES string of the molecule is CC(CC(=O)O)CC(=O)NCCOCCN(C)C. The monoisotopic (exact) mass is 260 g/mol. The van der Waals surface area contributed by atoms with E-state index >= 15 is 0 Å². The van der Waals surface area contributed by atoms with Gasteiger partial charge in [0.15, 0.2) is 0 Å². The second-order valence-corrected chi connectivity index (χ2v) is 4.67. The average Bonchev–Trinajstić information content (AvgIpc) is 2.21. The van der Waals surface area contributed by atoms with Gasteiger partial charge in [-0.25, -0.2) is 0 Å². The zero-order valence-corrected chi connectivity index (χ0v) is 11.4. The molecule has 0 heterocycles. The smallest absolute Gasteiger partial charge is 0.303 e. The van der Waals surface area contributed by atoms with Gasteiger partial charge in [-0.2, -0.15) is 0 Å². The van der Waals surface area contributed by atoms with Crippen molar-refractivity contribution in [3.8, 4) is 0 Å². The summed E-state index contributed by atoms with van der Waals surface area (Å²) in [5.74, 6) is -1.14. The van der Waals surface area contributed by atoms with Gasteiger partial charge in [-0.05, 0) is 20.0 Å². The molecule has 0 saturated heterocycles. The lowest BCUT2D eigenvalue weighted by Crippen LogP contribution is -2.29. The second-order valence-electron chi connectivity index (χ2n) is 4.67. The number of rotatable bonds is 10. The molecule has 0 saturated carbocycles. The van der Waals surface area contributed by atoms with Crippen LogP contribution in [0.25, 0.3) is 0 Å². The Morgan fingerprint density at radius 2 is 1.94 bits per heavy atom. The highest BCUT2D eigenvalue weighted by molar-refractivity contribution is 5.77. The van der Waals surface area contributed by atoms with Gasteiger partial charge in [0.25, 0.3) is 0 Å². The van der Waals surface area contributed by atoms with E-state index < -0.39 is 5.97 Å². The van der Waals surface area contributed by atoms with Crippen molar-refractivity contribution in [2.45, 2.75) is 19.8 Å². The molecule has 6 heteroatoms. The van der Waals surface area contributed by atoms with Crippen molar-refractivity contribution < 1.29 is 19.4 Å². The first kappa shape index (κ1) is 16.9. The molecular weight excluding hydrogens is 236 g/mol. The van der Waals surface area contributed by atoms with E-state index in [9.17, 15) is 9.59 Å². The molecule has 0 spiro atoms. The van der Waals surface area contributed by atoms with E-state index in [-0.39, 0.29) is 24.7 Å². The largest absolute Gasteiger partial charge is 0.481 e. The van der Waals surface area contributed by atoms with Gasteiger partial charge < -0.3 is 20.1 Å². The summed E-state index contributed by atoms with van der Waals surface area (Å²) in [6.07, 6.45) is 0.261. The van der Waals surface area contributed by atoms with E-state index in [0.29, 0.717) is 19.8 Å². The summed E-state index contributed by atoms with van der Waals surface area (Å²) >= 11 is 0. The predicted molar refractivity (Wildman–Crippen MR) is 68.4 cm³/mol. The lowest BCUT2D eigenvalue weighted by atomic mass is 10.0. The van der Waals surface area contributed by atoms with E-state index in [1.807, 2.05) is 19.0 Å². The Morgan fingerprint density at radius 3 is 2.50 bits per heavy atom. The van der Waals surface area contributed by atoms with Gasteiger partial charge in [0.05, 0.1) is 13.2 Å². The average molecular weight is 260 g/mol. The van der Waals surface area contributed by atoms with Crippen LogP contribution >= 0.6 is 0 Å². The molecule has 0 aliphatic rings. The molecule has 6 nitrogen and oxygen atoms in total. The molecule has 1 amide bonds. The zero-order chi connectivity index (χ0) is 14.0. The van der Waals surface area contributed by atoms with E-state index in [2.05, 4.69) is 5.32 Å². The Kier molecular flexibility index (Phi) is 9.22. The van der Waals surface area contributed by atoms with E-state index in [4.69, 9.17) is 9.84 Å². The van der Waals surface area contributed by atoms with Gasteiger partial charge in [0.2, 0.25) is 5.91 Å². The van der Waals surface area contributed by atoms with Crippen LogP contribution in [-0.2, 0) is 14.3 Å². The van der Waals surface area contributed by atoms with Crippen LogP contribution in [0.3, 0.4) is 0 Å². The lowest BCUT2D eigenvalue weighted by molar-refractivity contribution is -0.138. The summed E-state index contributed by atoms with van der Waals surface area (Å²) in [5, 5.41) is 11.3. The third kappa shape index (κ3) is 11.3. The maximum atomic E-state index is 11.4. The number of ether oxygens (including phenoxy) is 1. The second kappa shape index (κ2) is 9.85. The van der Waals surface area contributed by atoms with Crippen molar-refractivity contribution in [2.75, 3.05) is 40.4 Å². The van der Waals surface area contributed by atoms with E-state index in [0.717, 1.165) is 6.54 Å². The topological polar surface area (TPSA) is 78.9 Å². The molecule has 0 fully saturated rings. The van der Waals surface area contributed by atoms with E-state index in [1.54, 1.807) is 6.92 Å². The fourth-order valence-corrected chi connectivity index (χ4v) is 1.37. The van der Waals surface area contributed by atoms with Crippen molar-refractivity contribution in [3.05, 3.63) is 0 Å². The molecule has 0 rings (SSSR count). The van der Waals surface area contributed by atoms with Gasteiger partial charge in [-0.15, -0.1) is 0 Å². The first-order valence-electron chi connectivity index (χ1n) is 6.12. The maximum absolute atomic E-state index is 11.4. The summed E-state index contributed by atoms with van der Waals surface area (Å²) in [5.41, 5.74) is 0. The normalized spacial score (nSPS) is 12.4. The molecule has 1 atom stereocenters. The minimum atomic E-state index is -0.873. The first-order chi connectivity index (χ1) is 8.41. The molecule has 0 aromatic carbocycles. The highest BCUT2D eigenvalue weighted by Gasteiger charge is 2.11. The fraction of sp³-hybridized carbons (Fsp3) is 0.833. The number of hydrogen-bond donors (Lipinski definition) is 2. The summed E-state index contributed by atoms with van der Waals surface area (Å²) < 4.78 is 5.31. The fourth-order valence-electron chi connectivity index (χ4n) is 1.37. The molecule has 2 N–H and O–H groups in total. The Morgan fingerprint density at radius 1 is 1.28 bits per heavy atom. The number of nitrogens with one attached hydrogen (secondary N) is 1. The first-order valence-corrected chi connectivity index (χ1v) is 6.12. The lowest BCUT2D eigenvalue weighted by Gasteiger charge is -2.11. The third-order valence-electron chi connectivity index (χ3n) is 2.31. The van der Waals surface area contributed by atoms with Crippen LogP contribution in [0.5, 0.6) is 0 Å². The van der Waals surface area contributed by atoms with Crippen molar-refractivity contribution in [2.24, 2.45) is 5.92 Å². The van der Waals surface area contributed by atoms with Gasteiger partial charge >= 0.3 is 5.97 Å². The van der Waals surface area contributed by atoms with Crippen molar-refractivity contribution >= 4 is 11.9 Å². The van der Waals surface area contributed by atoms with Crippen LogP contribution < -0.4 is 5.32 Å². The molecule has 0 aromatic heterocycles. The van der Waals surface area contributed by atoms with Gasteiger partial charge in [-0.1, -0.05) is 6.92 Å². The number of nitrogens with zero attached hydrogens (tertiary/aromatic N) is 1. The Hall–Kier alpha value is -1.14. The molecule has 106 valence electrons. The molecule has 0 radical (unpaired) electrons. The molecule has 0 aliphatic heterocycles. The van der Waals surface area contributed by atoms with Gasteiger partial charge in [0.1, 0.15) is 0 Å². The zero-order valence-electron chi connectivity index (χ0n) is 11.4. The maximum Gasteiger partial charge on any atom is 0.303 e. The standard InChI is InChI=1S/C12H24N2O4/c1-10(9-12(16)17)8-11(15)13-4-6-18-7-5-14(2)3/h10H,4-9H2,1-3H3,(H,13,15)(H,16,17). The predicted octanol–water partition coefficient (Wildman–Crippen LogP) is 0.182. The van der Waals surface area contributed by atoms with Gasteiger partial charge in [0, 0.05) is 25.9 Å². The molecular formula is C12H24N2O4. The summed E-state index contributed by atoms with van der Waals surface area (Å²) in [6, 6.07) is 0. The Bertz CT molecular complexity index is 256. The number of amides is 1. The van der Waals surface area contributed by atoms with Crippen molar-refractivity contribution in [1.82, 2.24) is 10.2 Å². The van der Waals surface area contributed by atoms with Gasteiger partial charge in [-0.3, -0.25) is 9.59 Å². The van der Waals surface area contributed by atoms with E-state index in [1.165, 1.54) is 0 Å². The minimum Gasteiger partial charge on any atom is -0.481 e. The Labute approximate surface area is 108 Å². The van der Waals surface area contributed by atoms with Crippen LogP contribution in [0.15, 0.2) is 0 Å². The van der Waals surface area contributed by atoms with Crippen LogP contribution in [0, 0.1) is 5.92 Å². The number of hydrogen-bond acceptors (Lipinski definition) is 4. The number of carbonyl (C=O) groups excluding carboxylic acids is 1. The summed E-state index contributed by atoms with van der Waals surface area (Å²) in [6.45, 7) is 4.18. The van der Waals surface area contributed by atoms with Crippen LogP contribution in [0.1, 0.15) is 19.8 Å². The molecule has 18 heavy (non-hydrogen) atoms. The van der Waals surface area contributed by atoms with Crippen LogP contribution in [-0.4, -0.2) is 62.3 Å². The number of aliphatic carboxylic acids is 1. The highest BCUT2D eigenvalue weighted by atomic mass is 16.5. The summed E-state index contributed by atoms with van der Waals surface area (Å²) in [4.78, 5) is 23.9. The molecule has 0 aliphatic carbocycles. The van der Waals surface area contributed by atoms with Crippen LogP contribution in [0.2, 0.25) is 0 Å². The summed E-state index contributed by atoms with van der Waals surface area (Å²) in [7, 11) is 3.93. The number of carbonyl (C=O) groups is 2. The molecule has 0 aromatic rings. The molecule has 1 unspecified atom stereocenters. The number of carboxylic acid groups (broad SMARTS) is 1. The quantitative estimate of drug-likeness (QED) is 0.548. The number of likely N-dealkylation sites (N-methyl/N-ethyl adjacent to an activating group) is 1. The highest BCUT2D eigenvalue weighted by Crippen LogP contribution is 2.06. The molecule has 0 bridgehead atoms. The van der Waals surface area contributed by atoms with Crippen molar-refractivity contribution in [1.29, 1.82) is 0 Å². The number of carboxylic acids is 1. The Balaban J connectivity index is 3.45. The minimum absolute atomic E-state index is 0.0206.